The van der Waals surface area contributed by atoms with E-state index in [0.717, 1.165) is 28.7 Å². The third-order valence-corrected chi connectivity index (χ3v) is 2.78. The van der Waals surface area contributed by atoms with Crippen LogP contribution in [0.25, 0.3) is 11.1 Å². The second kappa shape index (κ2) is 4.83. The van der Waals surface area contributed by atoms with E-state index in [4.69, 9.17) is 4.74 Å². The van der Waals surface area contributed by atoms with Gasteiger partial charge in [-0.05, 0) is 30.2 Å². The Labute approximate surface area is 101 Å². The second-order valence-corrected chi connectivity index (χ2v) is 3.89. The van der Waals surface area contributed by atoms with Crippen LogP contribution >= 0.6 is 0 Å². The van der Waals surface area contributed by atoms with Crippen molar-refractivity contribution in [2.24, 2.45) is 0 Å². The Morgan fingerprint density at radius 1 is 1.06 bits per heavy atom. The summed E-state index contributed by atoms with van der Waals surface area (Å²) in [5.41, 5.74) is 3.90. The molecule has 86 valence electrons. The highest BCUT2D eigenvalue weighted by atomic mass is 16.5. The molecule has 2 aromatic rings. The third kappa shape index (κ3) is 2.21. The summed E-state index contributed by atoms with van der Waals surface area (Å²) >= 11 is 0. The van der Waals surface area contributed by atoms with Gasteiger partial charge in [0.15, 0.2) is 0 Å². The van der Waals surface area contributed by atoms with Crippen LogP contribution in [0.3, 0.4) is 0 Å². The number of rotatable bonds is 3. The van der Waals surface area contributed by atoms with E-state index in [2.05, 4.69) is 0 Å². The number of aryl methyl sites for hydroxylation is 1. The van der Waals surface area contributed by atoms with Crippen molar-refractivity contribution in [3.63, 3.8) is 0 Å². The van der Waals surface area contributed by atoms with Crippen LogP contribution in [0.1, 0.15) is 15.9 Å². The molecule has 0 aliphatic carbocycles. The van der Waals surface area contributed by atoms with E-state index in [1.54, 1.807) is 7.11 Å². The Balaban J connectivity index is 2.56. The summed E-state index contributed by atoms with van der Waals surface area (Å²) in [5, 5.41) is 0. The quantitative estimate of drug-likeness (QED) is 0.749. The van der Waals surface area contributed by atoms with Gasteiger partial charge in [0.25, 0.3) is 0 Å². The summed E-state index contributed by atoms with van der Waals surface area (Å²) in [6.07, 6.45) is 0.860. The summed E-state index contributed by atoms with van der Waals surface area (Å²) in [4.78, 5) is 10.7. The lowest BCUT2D eigenvalue weighted by Gasteiger charge is -2.11. The zero-order valence-corrected chi connectivity index (χ0v) is 9.94. The molecule has 0 atom stereocenters. The smallest absolute Gasteiger partial charge is 0.150 e. The predicted octanol–water partition coefficient (Wildman–Crippen LogP) is 3.48. The fourth-order valence-electron chi connectivity index (χ4n) is 1.93. The first-order valence-corrected chi connectivity index (χ1v) is 5.45. The summed E-state index contributed by atoms with van der Waals surface area (Å²) < 4.78 is 5.34. The van der Waals surface area contributed by atoms with Crippen LogP contribution in [0, 0.1) is 6.92 Å². The molecule has 0 fully saturated rings. The van der Waals surface area contributed by atoms with Crippen molar-refractivity contribution >= 4 is 6.29 Å². The summed E-state index contributed by atoms with van der Waals surface area (Å²) in [6, 6.07) is 13.5. The van der Waals surface area contributed by atoms with E-state index >= 15 is 0 Å². The van der Waals surface area contributed by atoms with Crippen LogP contribution < -0.4 is 4.74 Å². The maximum atomic E-state index is 10.7. The van der Waals surface area contributed by atoms with Crippen LogP contribution in [0.15, 0.2) is 42.5 Å². The van der Waals surface area contributed by atoms with Crippen molar-refractivity contribution in [1.29, 1.82) is 0 Å². The van der Waals surface area contributed by atoms with Gasteiger partial charge in [0.05, 0.1) is 7.11 Å². The molecule has 0 spiro atoms. The van der Waals surface area contributed by atoms with Gasteiger partial charge in [0.2, 0.25) is 0 Å². The minimum absolute atomic E-state index is 0.696. The molecule has 0 N–H and O–H groups in total. The van der Waals surface area contributed by atoms with Crippen molar-refractivity contribution in [3.8, 4) is 16.9 Å². The number of ether oxygens (including phenoxy) is 1. The Bertz CT molecular complexity index is 544. The molecule has 0 aliphatic rings. The first-order valence-electron chi connectivity index (χ1n) is 5.45. The predicted molar refractivity (Wildman–Crippen MR) is 68.6 cm³/mol. The lowest BCUT2D eigenvalue weighted by molar-refractivity contribution is 0.112. The summed E-state index contributed by atoms with van der Waals surface area (Å²) in [6.45, 7) is 1.99. The largest absolute Gasteiger partial charge is 0.496 e. The first-order chi connectivity index (χ1) is 8.26. The van der Waals surface area contributed by atoms with Gasteiger partial charge >= 0.3 is 0 Å². The highest BCUT2D eigenvalue weighted by Crippen LogP contribution is 2.31. The second-order valence-electron chi connectivity index (χ2n) is 3.89. The molecule has 0 aliphatic heterocycles. The molecule has 2 rings (SSSR count). The topological polar surface area (TPSA) is 26.3 Å². The van der Waals surface area contributed by atoms with Gasteiger partial charge in [0, 0.05) is 11.1 Å². The number of aldehydes is 1. The number of methoxy groups -OCH3 is 1. The summed E-state index contributed by atoms with van der Waals surface area (Å²) in [7, 11) is 1.66. The van der Waals surface area contributed by atoms with Crippen molar-refractivity contribution in [3.05, 3.63) is 53.6 Å². The Morgan fingerprint density at radius 3 is 2.47 bits per heavy atom. The molecule has 0 aromatic heterocycles. The van der Waals surface area contributed by atoms with Crippen LogP contribution in [0.4, 0.5) is 0 Å². The van der Waals surface area contributed by atoms with E-state index in [1.165, 1.54) is 0 Å². The fourth-order valence-corrected chi connectivity index (χ4v) is 1.93. The van der Waals surface area contributed by atoms with E-state index in [0.29, 0.717) is 5.56 Å². The van der Waals surface area contributed by atoms with Crippen molar-refractivity contribution in [2.45, 2.75) is 6.92 Å². The van der Waals surface area contributed by atoms with Crippen LogP contribution in [-0.4, -0.2) is 13.4 Å². The van der Waals surface area contributed by atoms with Gasteiger partial charge in [-0.3, -0.25) is 4.79 Å². The molecule has 0 unspecified atom stereocenters. The standard InChI is InChI=1S/C15H14O2/c1-11-9-12(10-16)7-8-13(11)14-5-3-4-6-15(14)17-2/h3-10H,1-2H3. The number of carbonyl (C=O) groups is 1. The lowest BCUT2D eigenvalue weighted by atomic mass is 9.98. The van der Waals surface area contributed by atoms with Crippen molar-refractivity contribution in [1.82, 2.24) is 0 Å². The highest BCUT2D eigenvalue weighted by molar-refractivity contribution is 5.80. The molecule has 0 bridgehead atoms. The van der Waals surface area contributed by atoms with Gasteiger partial charge in [-0.15, -0.1) is 0 Å². The van der Waals surface area contributed by atoms with Gasteiger partial charge in [-0.1, -0.05) is 30.3 Å². The van der Waals surface area contributed by atoms with Gasteiger partial charge < -0.3 is 4.74 Å². The molecule has 2 heteroatoms. The molecule has 0 heterocycles. The van der Waals surface area contributed by atoms with E-state index in [-0.39, 0.29) is 0 Å². The maximum Gasteiger partial charge on any atom is 0.150 e. The first kappa shape index (κ1) is 11.4. The number of hydrogen-bond acceptors (Lipinski definition) is 2. The summed E-state index contributed by atoms with van der Waals surface area (Å²) in [5.74, 6) is 0.842. The van der Waals surface area contributed by atoms with Gasteiger partial charge in [0.1, 0.15) is 12.0 Å². The Kier molecular flexibility index (Phi) is 3.24. The molecular weight excluding hydrogens is 212 g/mol. The minimum atomic E-state index is 0.696. The number of para-hydroxylation sites is 1. The zero-order chi connectivity index (χ0) is 12.3. The zero-order valence-electron chi connectivity index (χ0n) is 9.94. The third-order valence-electron chi connectivity index (χ3n) is 2.78. The molecular formula is C15H14O2. The molecule has 2 nitrogen and oxygen atoms in total. The minimum Gasteiger partial charge on any atom is -0.496 e. The lowest BCUT2D eigenvalue weighted by Crippen LogP contribution is -1.91. The Morgan fingerprint density at radius 2 is 1.82 bits per heavy atom. The maximum absolute atomic E-state index is 10.7. The SMILES string of the molecule is COc1ccccc1-c1ccc(C=O)cc1C. The van der Waals surface area contributed by atoms with Crippen molar-refractivity contribution < 1.29 is 9.53 Å². The highest BCUT2D eigenvalue weighted by Gasteiger charge is 2.07. The average molecular weight is 226 g/mol. The normalized spacial score (nSPS) is 10.0. The van der Waals surface area contributed by atoms with Crippen LogP contribution in [0.2, 0.25) is 0 Å². The van der Waals surface area contributed by atoms with E-state index < -0.39 is 0 Å². The fraction of sp³-hybridized carbons (Fsp3) is 0.133. The number of hydrogen-bond donors (Lipinski definition) is 0. The number of benzene rings is 2. The van der Waals surface area contributed by atoms with Gasteiger partial charge in [-0.25, -0.2) is 0 Å². The monoisotopic (exact) mass is 226 g/mol. The van der Waals surface area contributed by atoms with Crippen molar-refractivity contribution in [2.75, 3.05) is 7.11 Å². The molecule has 0 saturated heterocycles. The molecule has 0 amide bonds. The Hall–Kier alpha value is -2.09. The van der Waals surface area contributed by atoms with Crippen LogP contribution in [-0.2, 0) is 0 Å². The van der Waals surface area contributed by atoms with E-state index in [9.17, 15) is 4.79 Å². The average Bonchev–Trinajstić information content (AvgIpc) is 2.38. The van der Waals surface area contributed by atoms with Gasteiger partial charge in [-0.2, -0.15) is 0 Å². The molecule has 2 aromatic carbocycles. The molecule has 17 heavy (non-hydrogen) atoms. The van der Waals surface area contributed by atoms with E-state index in [1.807, 2.05) is 49.4 Å². The molecule has 0 radical (unpaired) electrons. The van der Waals surface area contributed by atoms with Crippen LogP contribution in [0.5, 0.6) is 5.75 Å². The molecule has 0 saturated carbocycles. The number of carbonyl (C=O) groups excluding carboxylic acids is 1.